The Labute approximate surface area is 146 Å². The summed E-state index contributed by atoms with van der Waals surface area (Å²) in [5.74, 6) is -5.99. The maximum absolute atomic E-state index is 13.1. The molecule has 4 rings (SSSR count). The Balaban J connectivity index is 1.37. The van der Waals surface area contributed by atoms with E-state index in [1.807, 2.05) is 0 Å². The molecule has 4 aliphatic carbocycles. The summed E-state index contributed by atoms with van der Waals surface area (Å²) < 4.78 is 56.9. The van der Waals surface area contributed by atoms with Crippen molar-refractivity contribution in [1.82, 2.24) is 0 Å². The number of carbonyl (C=O) groups is 1. The van der Waals surface area contributed by atoms with Gasteiger partial charge in [-0.15, -0.1) is 0 Å². The van der Waals surface area contributed by atoms with Crippen molar-refractivity contribution in [2.45, 2.75) is 83.0 Å². The fourth-order valence-electron chi connectivity index (χ4n) is 5.72. The Kier molecular flexibility index (Phi) is 5.11. The first kappa shape index (κ1) is 19.0. The summed E-state index contributed by atoms with van der Waals surface area (Å²) in [7, 11) is 0. The van der Waals surface area contributed by atoms with Gasteiger partial charge in [0.25, 0.3) is 0 Å². The third-order valence-corrected chi connectivity index (χ3v) is 6.47. The van der Waals surface area contributed by atoms with Gasteiger partial charge in [0.2, 0.25) is 0 Å². The van der Waals surface area contributed by atoms with Crippen LogP contribution in [0, 0.1) is 23.2 Å². The average molecular weight is 364 g/mol. The van der Waals surface area contributed by atoms with E-state index in [2.05, 4.69) is 0 Å². The van der Waals surface area contributed by atoms with Gasteiger partial charge in [-0.2, -0.15) is 8.78 Å². The van der Waals surface area contributed by atoms with Gasteiger partial charge in [-0.1, -0.05) is 0 Å². The Hall–Kier alpha value is -0.810. The van der Waals surface area contributed by atoms with Crippen molar-refractivity contribution in [1.29, 1.82) is 0 Å². The normalized spacial score (nSPS) is 34.4. The van der Waals surface area contributed by atoms with Crippen LogP contribution in [0.4, 0.5) is 17.6 Å². The minimum Gasteiger partial charge on any atom is -0.466 e. The van der Waals surface area contributed by atoms with Gasteiger partial charge in [-0.25, -0.2) is 8.78 Å². The summed E-state index contributed by atoms with van der Waals surface area (Å²) in [5.41, 5.74) is 0.100. The monoisotopic (exact) mass is 364 g/mol. The van der Waals surface area contributed by atoms with Gasteiger partial charge in [0, 0.05) is 13.3 Å². The van der Waals surface area contributed by atoms with Crippen LogP contribution in [0.1, 0.15) is 71.1 Å². The summed E-state index contributed by atoms with van der Waals surface area (Å²) in [5, 5.41) is 0. The first-order valence-corrected chi connectivity index (χ1v) is 9.50. The summed E-state index contributed by atoms with van der Waals surface area (Å²) >= 11 is 0. The van der Waals surface area contributed by atoms with Crippen molar-refractivity contribution in [3.05, 3.63) is 0 Å². The molecule has 0 aromatic carbocycles. The van der Waals surface area contributed by atoms with Crippen LogP contribution >= 0.6 is 0 Å². The Morgan fingerprint density at radius 2 is 1.52 bits per heavy atom. The first-order chi connectivity index (χ1) is 11.6. The minimum absolute atomic E-state index is 0.0383. The smallest absolute Gasteiger partial charge is 0.309 e. The van der Waals surface area contributed by atoms with Crippen LogP contribution < -0.4 is 0 Å². The highest BCUT2D eigenvalue weighted by atomic mass is 19.3. The van der Waals surface area contributed by atoms with E-state index in [4.69, 9.17) is 4.74 Å². The highest BCUT2D eigenvalue weighted by Gasteiger charge is 2.52. The quantitative estimate of drug-likeness (QED) is 0.318. The lowest BCUT2D eigenvalue weighted by atomic mass is 9.49. The van der Waals surface area contributed by atoms with E-state index < -0.39 is 18.3 Å². The van der Waals surface area contributed by atoms with Gasteiger partial charge < -0.3 is 4.74 Å². The molecule has 0 atom stereocenters. The van der Waals surface area contributed by atoms with E-state index in [9.17, 15) is 22.4 Å². The van der Waals surface area contributed by atoms with Crippen molar-refractivity contribution in [2.75, 3.05) is 6.61 Å². The molecule has 0 spiro atoms. The van der Waals surface area contributed by atoms with E-state index in [0.29, 0.717) is 6.42 Å². The Morgan fingerprint density at radius 3 is 2.00 bits per heavy atom. The molecule has 0 aromatic rings. The third-order valence-electron chi connectivity index (χ3n) is 6.47. The SMILES string of the molecule is CC(F)(F)C(F)(F)CCCCOC(=O)CC12CC3CC(CC(C3)C1)C2. The summed E-state index contributed by atoms with van der Waals surface area (Å²) in [4.78, 5) is 12.2. The highest BCUT2D eigenvalue weighted by molar-refractivity contribution is 5.70. The number of halogens is 4. The molecule has 2 nitrogen and oxygen atoms in total. The lowest BCUT2D eigenvalue weighted by molar-refractivity contribution is -0.201. The van der Waals surface area contributed by atoms with Gasteiger partial charge >= 0.3 is 17.8 Å². The number of hydrogen-bond acceptors (Lipinski definition) is 2. The van der Waals surface area contributed by atoms with Gasteiger partial charge in [0.1, 0.15) is 0 Å². The van der Waals surface area contributed by atoms with Crippen molar-refractivity contribution in [2.24, 2.45) is 23.2 Å². The molecule has 0 N–H and O–H groups in total. The molecule has 0 aromatic heterocycles. The van der Waals surface area contributed by atoms with Crippen LogP contribution in [0.25, 0.3) is 0 Å². The number of hydrogen-bond donors (Lipinski definition) is 0. The summed E-state index contributed by atoms with van der Waals surface area (Å²) in [6.45, 7) is 0.273. The van der Waals surface area contributed by atoms with Crippen LogP contribution in [0.3, 0.4) is 0 Å². The van der Waals surface area contributed by atoms with Crippen LogP contribution in [0.2, 0.25) is 0 Å². The average Bonchev–Trinajstić information content (AvgIpc) is 2.43. The Bertz CT molecular complexity index is 463. The van der Waals surface area contributed by atoms with E-state index in [-0.39, 0.29) is 37.8 Å². The van der Waals surface area contributed by atoms with Crippen LogP contribution in [-0.2, 0) is 9.53 Å². The second kappa shape index (κ2) is 6.73. The molecule has 4 fully saturated rings. The molecule has 144 valence electrons. The van der Waals surface area contributed by atoms with Gasteiger partial charge in [0.05, 0.1) is 13.0 Å². The molecular weight excluding hydrogens is 336 g/mol. The second-order valence-electron chi connectivity index (χ2n) is 8.86. The lowest BCUT2D eigenvalue weighted by Crippen LogP contribution is -2.47. The fraction of sp³-hybridized carbons (Fsp3) is 0.947. The summed E-state index contributed by atoms with van der Waals surface area (Å²) in [6, 6.07) is 0. The van der Waals surface area contributed by atoms with Gasteiger partial charge in [-0.05, 0) is 74.5 Å². The number of rotatable bonds is 8. The largest absolute Gasteiger partial charge is 0.466 e. The zero-order chi connectivity index (χ0) is 18.3. The molecule has 25 heavy (non-hydrogen) atoms. The zero-order valence-corrected chi connectivity index (χ0v) is 14.8. The van der Waals surface area contributed by atoms with Crippen LogP contribution in [0.5, 0.6) is 0 Å². The van der Waals surface area contributed by atoms with E-state index >= 15 is 0 Å². The highest BCUT2D eigenvalue weighted by Crippen LogP contribution is 2.61. The van der Waals surface area contributed by atoms with Crippen LogP contribution in [-0.4, -0.2) is 24.4 Å². The molecule has 0 amide bonds. The topological polar surface area (TPSA) is 26.3 Å². The Morgan fingerprint density at radius 1 is 1.00 bits per heavy atom. The van der Waals surface area contributed by atoms with Crippen molar-refractivity contribution in [3.8, 4) is 0 Å². The van der Waals surface area contributed by atoms with E-state index in [0.717, 1.165) is 37.0 Å². The molecule has 0 heterocycles. The van der Waals surface area contributed by atoms with Crippen molar-refractivity contribution in [3.63, 3.8) is 0 Å². The lowest BCUT2D eigenvalue weighted by Gasteiger charge is -2.56. The van der Waals surface area contributed by atoms with E-state index in [1.165, 1.54) is 19.3 Å². The van der Waals surface area contributed by atoms with E-state index in [1.54, 1.807) is 0 Å². The molecule has 4 bridgehead atoms. The molecule has 0 radical (unpaired) electrons. The van der Waals surface area contributed by atoms with Gasteiger partial charge in [-0.3, -0.25) is 4.79 Å². The van der Waals surface area contributed by atoms with Gasteiger partial charge in [0.15, 0.2) is 0 Å². The zero-order valence-electron chi connectivity index (χ0n) is 14.8. The third kappa shape index (κ3) is 4.30. The number of esters is 1. The maximum Gasteiger partial charge on any atom is 0.309 e. The predicted octanol–water partition coefficient (Wildman–Crippen LogP) is 5.60. The molecule has 6 heteroatoms. The molecule has 4 aliphatic rings. The molecule has 0 saturated heterocycles. The molecular formula is C19H28F4O2. The maximum atomic E-state index is 13.1. The molecule has 4 saturated carbocycles. The first-order valence-electron chi connectivity index (χ1n) is 9.50. The number of ether oxygens (including phenoxy) is 1. The standard InChI is InChI=1S/C19H28F4O2/c1-17(20,21)19(22,23)4-2-3-5-25-16(24)12-18-9-13-6-14(10-18)8-15(7-13)11-18/h13-15H,2-12H2,1H3. The fourth-order valence-corrected chi connectivity index (χ4v) is 5.72. The molecule has 0 unspecified atom stereocenters. The second-order valence-corrected chi connectivity index (χ2v) is 8.86. The summed E-state index contributed by atoms with van der Waals surface area (Å²) in [6.07, 6.45) is 6.94. The molecule has 0 aliphatic heterocycles. The van der Waals surface area contributed by atoms with Crippen LogP contribution in [0.15, 0.2) is 0 Å². The number of alkyl halides is 4. The number of unbranched alkanes of at least 4 members (excludes halogenated alkanes) is 1. The predicted molar refractivity (Wildman–Crippen MR) is 85.6 cm³/mol. The van der Waals surface area contributed by atoms with Crippen molar-refractivity contribution < 1.29 is 27.1 Å². The minimum atomic E-state index is -4.01. The number of carbonyl (C=O) groups excluding carboxylic acids is 1. The van der Waals surface area contributed by atoms with Crippen molar-refractivity contribution >= 4 is 5.97 Å².